The Morgan fingerprint density at radius 1 is 1.32 bits per heavy atom. The summed E-state index contributed by atoms with van der Waals surface area (Å²) in [6, 6.07) is 0. The number of hydrogen-bond donors (Lipinski definition) is 0. The van der Waals surface area contributed by atoms with Gasteiger partial charge in [0.15, 0.2) is 0 Å². The Balaban J connectivity index is 1.75. The molecule has 1 saturated heterocycles. The number of hydrogen-bond acceptors (Lipinski definition) is 3. The van der Waals surface area contributed by atoms with Gasteiger partial charge >= 0.3 is 0 Å². The van der Waals surface area contributed by atoms with Crippen molar-refractivity contribution in [3.05, 3.63) is 16.1 Å². The number of alkyl halides is 1. The summed E-state index contributed by atoms with van der Waals surface area (Å²) in [5, 5.41) is 3.15. The van der Waals surface area contributed by atoms with Crippen molar-refractivity contribution in [2.24, 2.45) is 0 Å². The van der Waals surface area contributed by atoms with Crippen molar-refractivity contribution in [1.82, 2.24) is 9.88 Å². The number of thiazole rings is 1. The second-order valence-corrected chi connectivity index (χ2v) is 6.22. The fourth-order valence-electron chi connectivity index (χ4n) is 2.40. The monoisotopic (exact) mass is 300 g/mol. The summed E-state index contributed by atoms with van der Waals surface area (Å²) >= 11 is 7.41. The van der Waals surface area contributed by atoms with Gasteiger partial charge in [-0.2, -0.15) is 0 Å². The Kier molecular flexibility index (Phi) is 6.11. The molecule has 2 rings (SSSR count). The van der Waals surface area contributed by atoms with Crippen molar-refractivity contribution >= 4 is 28.8 Å². The molecule has 0 radical (unpaired) electrons. The van der Waals surface area contributed by atoms with E-state index in [1.807, 2.05) is 10.3 Å². The summed E-state index contributed by atoms with van der Waals surface area (Å²) in [7, 11) is 0. The lowest BCUT2D eigenvalue weighted by molar-refractivity contribution is -0.131. The van der Waals surface area contributed by atoms with Crippen molar-refractivity contribution in [3.8, 4) is 0 Å². The average molecular weight is 301 g/mol. The van der Waals surface area contributed by atoms with Crippen LogP contribution >= 0.6 is 22.9 Å². The number of aryl methyl sites for hydroxylation is 1. The summed E-state index contributed by atoms with van der Waals surface area (Å²) in [5.74, 6) is 0.821. The molecule has 0 N–H and O–H groups in total. The van der Waals surface area contributed by atoms with Crippen molar-refractivity contribution in [2.75, 3.05) is 13.1 Å². The van der Waals surface area contributed by atoms with Gasteiger partial charge in [-0.25, -0.2) is 4.98 Å². The lowest BCUT2D eigenvalue weighted by Crippen LogP contribution is -2.33. The third-order valence-electron chi connectivity index (χ3n) is 3.48. The Morgan fingerprint density at radius 2 is 2.16 bits per heavy atom. The summed E-state index contributed by atoms with van der Waals surface area (Å²) in [5.41, 5.74) is 0.962. The molecule has 0 bridgehead atoms. The number of amides is 1. The SMILES string of the molecule is O=C1CCCCCCN1CCCc1nc(CCl)cs1. The van der Waals surface area contributed by atoms with E-state index in [-0.39, 0.29) is 0 Å². The first-order valence-corrected chi connectivity index (χ1v) is 8.48. The molecule has 106 valence electrons. The summed E-state index contributed by atoms with van der Waals surface area (Å²) in [4.78, 5) is 18.4. The minimum atomic E-state index is 0.334. The molecule has 1 aromatic rings. The Labute approximate surface area is 124 Å². The van der Waals surface area contributed by atoms with Gasteiger partial charge in [-0.15, -0.1) is 22.9 Å². The van der Waals surface area contributed by atoms with Crippen LogP contribution in [0.5, 0.6) is 0 Å². The highest BCUT2D eigenvalue weighted by molar-refractivity contribution is 7.09. The number of aromatic nitrogens is 1. The van der Waals surface area contributed by atoms with Crippen LogP contribution in [-0.4, -0.2) is 28.9 Å². The third kappa shape index (κ3) is 4.77. The van der Waals surface area contributed by atoms with Gasteiger partial charge in [-0.05, 0) is 19.3 Å². The molecule has 0 spiro atoms. The normalized spacial score (nSPS) is 17.3. The molecule has 0 atom stereocenters. The van der Waals surface area contributed by atoms with Gasteiger partial charge in [0.25, 0.3) is 0 Å². The zero-order valence-electron chi connectivity index (χ0n) is 11.2. The van der Waals surface area contributed by atoms with Crippen LogP contribution in [0.15, 0.2) is 5.38 Å². The molecule has 0 saturated carbocycles. The van der Waals surface area contributed by atoms with Crippen LogP contribution in [-0.2, 0) is 17.1 Å². The van der Waals surface area contributed by atoms with E-state index in [0.717, 1.165) is 55.9 Å². The predicted molar refractivity (Wildman–Crippen MR) is 79.7 cm³/mol. The second-order valence-electron chi connectivity index (χ2n) is 5.01. The first kappa shape index (κ1) is 14.8. The Bertz CT molecular complexity index is 408. The van der Waals surface area contributed by atoms with Gasteiger partial charge in [0, 0.05) is 31.3 Å². The molecule has 2 heterocycles. The molecule has 1 amide bonds. The quantitative estimate of drug-likeness (QED) is 0.778. The highest BCUT2D eigenvalue weighted by Gasteiger charge is 2.15. The molecule has 1 aliphatic rings. The standard InChI is InChI=1S/C14H21ClN2OS/c15-10-12-11-19-13(16-12)6-5-9-17-8-4-2-1-3-7-14(17)18/h11H,1-10H2. The van der Waals surface area contributed by atoms with Crippen LogP contribution in [0.3, 0.4) is 0 Å². The number of rotatable bonds is 5. The van der Waals surface area contributed by atoms with Crippen molar-refractivity contribution < 1.29 is 4.79 Å². The largest absolute Gasteiger partial charge is 0.343 e. The van der Waals surface area contributed by atoms with E-state index in [0.29, 0.717) is 11.8 Å². The molecule has 1 fully saturated rings. The lowest BCUT2D eigenvalue weighted by Gasteiger charge is -2.24. The van der Waals surface area contributed by atoms with Gasteiger partial charge in [0.1, 0.15) is 0 Å². The summed E-state index contributed by atoms with van der Waals surface area (Å²) in [6.07, 6.45) is 7.36. The Hall–Kier alpha value is -0.610. The van der Waals surface area contributed by atoms with Crippen LogP contribution < -0.4 is 0 Å². The van der Waals surface area contributed by atoms with Gasteiger partial charge in [-0.3, -0.25) is 4.79 Å². The number of carbonyl (C=O) groups excluding carboxylic acids is 1. The van der Waals surface area contributed by atoms with Gasteiger partial charge in [0.05, 0.1) is 16.6 Å². The molecular weight excluding hydrogens is 280 g/mol. The van der Waals surface area contributed by atoms with E-state index in [1.165, 1.54) is 12.8 Å². The minimum absolute atomic E-state index is 0.334. The van der Waals surface area contributed by atoms with Crippen LogP contribution in [0, 0.1) is 0 Å². The number of likely N-dealkylation sites (tertiary alicyclic amines) is 1. The predicted octanol–water partition coefficient (Wildman–Crippen LogP) is 3.61. The van der Waals surface area contributed by atoms with Crippen molar-refractivity contribution in [1.29, 1.82) is 0 Å². The molecule has 1 aromatic heterocycles. The first-order chi connectivity index (χ1) is 9.29. The molecule has 5 heteroatoms. The van der Waals surface area contributed by atoms with Crippen LogP contribution in [0.2, 0.25) is 0 Å². The van der Waals surface area contributed by atoms with E-state index in [1.54, 1.807) is 11.3 Å². The van der Waals surface area contributed by atoms with Crippen LogP contribution in [0.4, 0.5) is 0 Å². The zero-order chi connectivity index (χ0) is 13.5. The average Bonchev–Trinajstić information content (AvgIpc) is 2.85. The molecule has 0 aromatic carbocycles. The van der Waals surface area contributed by atoms with Gasteiger partial charge in [0.2, 0.25) is 5.91 Å². The highest BCUT2D eigenvalue weighted by Crippen LogP contribution is 2.15. The number of halogens is 1. The van der Waals surface area contributed by atoms with Crippen molar-refractivity contribution in [2.45, 2.75) is 50.8 Å². The summed E-state index contributed by atoms with van der Waals surface area (Å²) < 4.78 is 0. The van der Waals surface area contributed by atoms with Crippen LogP contribution in [0.25, 0.3) is 0 Å². The molecule has 3 nitrogen and oxygen atoms in total. The molecule has 0 aliphatic carbocycles. The van der Waals surface area contributed by atoms with E-state index < -0.39 is 0 Å². The minimum Gasteiger partial charge on any atom is -0.343 e. The number of carbonyl (C=O) groups is 1. The van der Waals surface area contributed by atoms with Gasteiger partial charge < -0.3 is 4.90 Å². The van der Waals surface area contributed by atoms with E-state index in [2.05, 4.69) is 4.98 Å². The molecule has 0 unspecified atom stereocenters. The maximum Gasteiger partial charge on any atom is 0.222 e. The number of nitrogens with zero attached hydrogens (tertiary/aromatic N) is 2. The highest BCUT2D eigenvalue weighted by atomic mass is 35.5. The molecular formula is C14H21ClN2OS. The van der Waals surface area contributed by atoms with E-state index in [9.17, 15) is 4.79 Å². The summed E-state index contributed by atoms with van der Waals surface area (Å²) in [6.45, 7) is 1.80. The molecule has 1 aliphatic heterocycles. The third-order valence-corrected chi connectivity index (χ3v) is 4.71. The second kappa shape index (κ2) is 7.85. The first-order valence-electron chi connectivity index (χ1n) is 7.06. The fourth-order valence-corrected chi connectivity index (χ4v) is 3.47. The maximum atomic E-state index is 12.0. The smallest absolute Gasteiger partial charge is 0.222 e. The topological polar surface area (TPSA) is 33.2 Å². The zero-order valence-corrected chi connectivity index (χ0v) is 12.8. The van der Waals surface area contributed by atoms with E-state index in [4.69, 9.17) is 11.6 Å². The van der Waals surface area contributed by atoms with Gasteiger partial charge in [-0.1, -0.05) is 12.8 Å². The van der Waals surface area contributed by atoms with Crippen molar-refractivity contribution in [3.63, 3.8) is 0 Å². The Morgan fingerprint density at radius 3 is 2.95 bits per heavy atom. The molecule has 19 heavy (non-hydrogen) atoms. The van der Waals surface area contributed by atoms with E-state index >= 15 is 0 Å². The van der Waals surface area contributed by atoms with Crippen LogP contribution in [0.1, 0.15) is 49.2 Å². The fraction of sp³-hybridized carbons (Fsp3) is 0.714. The maximum absolute atomic E-state index is 12.0. The lowest BCUT2D eigenvalue weighted by atomic mass is 10.1.